The van der Waals surface area contributed by atoms with Gasteiger partial charge in [-0.2, -0.15) is 0 Å². The zero-order valence-electron chi connectivity index (χ0n) is 15.7. The maximum absolute atomic E-state index is 12.7. The number of para-hydroxylation sites is 4. The summed E-state index contributed by atoms with van der Waals surface area (Å²) in [7, 11) is 1.51. The van der Waals surface area contributed by atoms with Crippen LogP contribution in [0.5, 0.6) is 5.75 Å². The van der Waals surface area contributed by atoms with Gasteiger partial charge in [0.1, 0.15) is 12.3 Å². The smallest absolute Gasteiger partial charge is 0.420 e. The molecule has 1 N–H and O–H groups in total. The highest BCUT2D eigenvalue weighted by molar-refractivity contribution is 5.95. The zero-order chi connectivity index (χ0) is 20.1. The lowest BCUT2D eigenvalue weighted by molar-refractivity contribution is -0.135. The number of benzene rings is 2. The predicted molar refractivity (Wildman–Crippen MR) is 104 cm³/mol. The van der Waals surface area contributed by atoms with Crippen LogP contribution in [-0.4, -0.2) is 41.5 Å². The maximum atomic E-state index is 12.7. The summed E-state index contributed by atoms with van der Waals surface area (Å²) in [6.07, 6.45) is 0. The number of anilines is 1. The van der Waals surface area contributed by atoms with E-state index in [4.69, 9.17) is 9.15 Å². The number of ether oxygens (including phenoxy) is 1. The number of oxazole rings is 1. The van der Waals surface area contributed by atoms with Gasteiger partial charge in [0.25, 0.3) is 0 Å². The molecule has 0 atom stereocenters. The highest BCUT2D eigenvalue weighted by atomic mass is 16.5. The second-order valence-electron chi connectivity index (χ2n) is 6.08. The minimum Gasteiger partial charge on any atom is -0.495 e. The van der Waals surface area contributed by atoms with Crippen LogP contribution in [0.15, 0.2) is 57.7 Å². The Kier molecular flexibility index (Phi) is 5.78. The van der Waals surface area contributed by atoms with Gasteiger partial charge in [0.15, 0.2) is 5.58 Å². The first-order valence-corrected chi connectivity index (χ1v) is 8.82. The number of aromatic nitrogens is 1. The van der Waals surface area contributed by atoms with Crippen LogP contribution in [0.1, 0.15) is 6.92 Å². The molecule has 0 aliphatic heterocycles. The Morgan fingerprint density at radius 3 is 2.61 bits per heavy atom. The molecule has 28 heavy (non-hydrogen) atoms. The molecule has 2 amide bonds. The van der Waals surface area contributed by atoms with Gasteiger partial charge in [0.05, 0.1) is 24.9 Å². The normalized spacial score (nSPS) is 10.6. The molecule has 0 aliphatic carbocycles. The van der Waals surface area contributed by atoms with Crippen LogP contribution in [0.25, 0.3) is 11.1 Å². The van der Waals surface area contributed by atoms with Crippen LogP contribution < -0.4 is 15.8 Å². The van der Waals surface area contributed by atoms with Gasteiger partial charge < -0.3 is 19.4 Å². The van der Waals surface area contributed by atoms with E-state index in [2.05, 4.69) is 5.32 Å². The summed E-state index contributed by atoms with van der Waals surface area (Å²) in [6, 6.07) is 13.9. The van der Waals surface area contributed by atoms with Gasteiger partial charge >= 0.3 is 5.76 Å². The van der Waals surface area contributed by atoms with Crippen LogP contribution in [0.2, 0.25) is 0 Å². The van der Waals surface area contributed by atoms with E-state index in [1.165, 1.54) is 16.6 Å². The van der Waals surface area contributed by atoms with E-state index < -0.39 is 5.76 Å². The molecule has 146 valence electrons. The number of carbonyl (C=O) groups is 2. The van der Waals surface area contributed by atoms with Crippen molar-refractivity contribution in [3.8, 4) is 5.75 Å². The first-order valence-electron chi connectivity index (χ1n) is 8.82. The Morgan fingerprint density at radius 1 is 1.14 bits per heavy atom. The summed E-state index contributed by atoms with van der Waals surface area (Å²) < 4.78 is 11.6. The number of rotatable bonds is 7. The summed E-state index contributed by atoms with van der Waals surface area (Å²) in [5.41, 5.74) is 1.48. The summed E-state index contributed by atoms with van der Waals surface area (Å²) in [6.45, 7) is 1.75. The van der Waals surface area contributed by atoms with Crippen molar-refractivity contribution in [1.29, 1.82) is 0 Å². The van der Waals surface area contributed by atoms with Crippen molar-refractivity contribution < 1.29 is 18.7 Å². The van der Waals surface area contributed by atoms with Crippen LogP contribution >= 0.6 is 0 Å². The van der Waals surface area contributed by atoms with Crippen LogP contribution in [-0.2, 0) is 16.1 Å². The molecule has 0 aliphatic rings. The van der Waals surface area contributed by atoms with Gasteiger partial charge in [-0.05, 0) is 31.2 Å². The van der Waals surface area contributed by atoms with Gasteiger partial charge in [-0.1, -0.05) is 24.3 Å². The third kappa shape index (κ3) is 4.06. The van der Waals surface area contributed by atoms with Crippen molar-refractivity contribution in [1.82, 2.24) is 9.47 Å². The third-order valence-electron chi connectivity index (χ3n) is 4.32. The molecule has 2 aromatic carbocycles. The number of hydrogen-bond acceptors (Lipinski definition) is 5. The van der Waals surface area contributed by atoms with Crippen molar-refractivity contribution in [2.75, 3.05) is 25.5 Å². The average molecular weight is 383 g/mol. The van der Waals surface area contributed by atoms with Gasteiger partial charge in [-0.3, -0.25) is 14.2 Å². The fourth-order valence-electron chi connectivity index (χ4n) is 2.89. The molecule has 1 aromatic heterocycles. The van der Waals surface area contributed by atoms with E-state index in [0.717, 1.165) is 0 Å². The summed E-state index contributed by atoms with van der Waals surface area (Å²) in [5.74, 6) is -0.791. The fraction of sp³-hybridized carbons (Fsp3) is 0.250. The molecule has 0 saturated carbocycles. The molecule has 0 spiro atoms. The molecule has 3 aromatic rings. The number of fused-ring (bicyclic) bond motifs is 1. The van der Waals surface area contributed by atoms with E-state index in [-0.39, 0.29) is 24.9 Å². The van der Waals surface area contributed by atoms with Crippen LogP contribution in [0.3, 0.4) is 0 Å². The molecule has 0 bridgehead atoms. The summed E-state index contributed by atoms with van der Waals surface area (Å²) in [4.78, 5) is 38.5. The lowest BCUT2D eigenvalue weighted by Crippen LogP contribution is -2.40. The van der Waals surface area contributed by atoms with Crippen molar-refractivity contribution in [3.63, 3.8) is 0 Å². The molecular weight excluding hydrogens is 362 g/mol. The van der Waals surface area contributed by atoms with E-state index in [9.17, 15) is 14.4 Å². The second kappa shape index (κ2) is 8.43. The Hall–Kier alpha value is -3.55. The number of carbonyl (C=O) groups excluding carboxylic acids is 2. The number of nitrogens with one attached hydrogen (secondary N) is 1. The van der Waals surface area contributed by atoms with Crippen molar-refractivity contribution in [2.45, 2.75) is 13.5 Å². The quantitative estimate of drug-likeness (QED) is 0.674. The van der Waals surface area contributed by atoms with Crippen molar-refractivity contribution in [2.24, 2.45) is 0 Å². The monoisotopic (exact) mass is 383 g/mol. The molecule has 0 unspecified atom stereocenters. The lowest BCUT2D eigenvalue weighted by atomic mass is 10.3. The van der Waals surface area contributed by atoms with E-state index in [1.807, 2.05) is 0 Å². The van der Waals surface area contributed by atoms with Crippen LogP contribution in [0.4, 0.5) is 5.69 Å². The van der Waals surface area contributed by atoms with Gasteiger partial charge in [0, 0.05) is 6.54 Å². The molecule has 3 rings (SSSR count). The Balaban J connectivity index is 1.70. The topological polar surface area (TPSA) is 93.8 Å². The van der Waals surface area contributed by atoms with Gasteiger partial charge in [0.2, 0.25) is 11.8 Å². The first-order chi connectivity index (χ1) is 13.5. The number of likely N-dealkylation sites (N-methyl/N-ethyl adjacent to an activating group) is 1. The number of nitrogens with zero attached hydrogens (tertiary/aromatic N) is 2. The number of methoxy groups -OCH3 is 1. The third-order valence-corrected chi connectivity index (χ3v) is 4.32. The molecule has 8 heteroatoms. The maximum Gasteiger partial charge on any atom is 0.420 e. The average Bonchev–Trinajstić information content (AvgIpc) is 3.01. The molecule has 0 saturated heterocycles. The Labute approximate surface area is 161 Å². The van der Waals surface area contributed by atoms with Crippen molar-refractivity contribution in [3.05, 3.63) is 59.1 Å². The number of hydrogen-bond donors (Lipinski definition) is 1. The predicted octanol–water partition coefficient (Wildman–Crippen LogP) is 2.09. The Bertz CT molecular complexity index is 1050. The SMILES string of the molecule is CCN(CC(=O)Nc1ccccc1OC)C(=O)Cn1c(=O)oc2ccccc21. The van der Waals surface area contributed by atoms with Gasteiger partial charge in [-0.25, -0.2) is 4.79 Å². The zero-order valence-corrected chi connectivity index (χ0v) is 15.7. The fourth-order valence-corrected chi connectivity index (χ4v) is 2.89. The van der Waals surface area contributed by atoms with E-state index in [1.54, 1.807) is 55.5 Å². The number of amides is 2. The standard InChI is InChI=1S/C20H21N3O5/c1-3-22(12-18(24)21-14-8-4-6-10-16(14)27-2)19(25)13-23-15-9-5-7-11-17(15)28-20(23)26/h4-11H,3,12-13H2,1-2H3,(H,21,24). The Morgan fingerprint density at radius 2 is 1.86 bits per heavy atom. The van der Waals surface area contributed by atoms with Gasteiger partial charge in [-0.15, -0.1) is 0 Å². The minimum atomic E-state index is -0.607. The molecule has 0 fully saturated rings. The van der Waals surface area contributed by atoms with E-state index >= 15 is 0 Å². The summed E-state index contributed by atoms with van der Waals surface area (Å²) in [5, 5.41) is 2.74. The van der Waals surface area contributed by atoms with Crippen LogP contribution in [0, 0.1) is 0 Å². The highest BCUT2D eigenvalue weighted by Gasteiger charge is 2.19. The first kappa shape index (κ1) is 19.2. The molecule has 8 nitrogen and oxygen atoms in total. The molecular formula is C20H21N3O5. The lowest BCUT2D eigenvalue weighted by Gasteiger charge is -2.20. The molecule has 1 heterocycles. The second-order valence-corrected chi connectivity index (χ2v) is 6.08. The molecule has 0 radical (unpaired) electrons. The largest absolute Gasteiger partial charge is 0.495 e. The highest BCUT2D eigenvalue weighted by Crippen LogP contribution is 2.22. The van der Waals surface area contributed by atoms with E-state index in [0.29, 0.717) is 29.1 Å². The summed E-state index contributed by atoms with van der Waals surface area (Å²) >= 11 is 0. The minimum absolute atomic E-state index is 0.141. The van der Waals surface area contributed by atoms with Crippen molar-refractivity contribution >= 4 is 28.6 Å².